The lowest BCUT2D eigenvalue weighted by Crippen LogP contribution is -2.20. The number of benzene rings is 2. The zero-order valence-corrected chi connectivity index (χ0v) is 10.7. The smallest absolute Gasteiger partial charge is 0.193 e. The molecular weight excluding hydrogens is 252 g/mol. The molecule has 0 spiro atoms. The van der Waals surface area contributed by atoms with Gasteiger partial charge in [-0.25, -0.2) is 0 Å². The number of hydrogen-bond donors (Lipinski definition) is 0. The Bertz CT molecular complexity index is 699. The van der Waals surface area contributed by atoms with Crippen LogP contribution in [0.2, 0.25) is 0 Å². The lowest BCUT2D eigenvalue weighted by molar-refractivity contribution is 0.0974. The summed E-state index contributed by atoms with van der Waals surface area (Å²) in [6, 6.07) is 16.1. The molecule has 1 aliphatic carbocycles. The first-order chi connectivity index (χ1) is 9.75. The summed E-state index contributed by atoms with van der Waals surface area (Å²) in [6.07, 6.45) is 1.37. The van der Waals surface area contributed by atoms with Crippen LogP contribution in [-0.2, 0) is 0 Å². The van der Waals surface area contributed by atoms with E-state index in [1.165, 1.54) is 6.08 Å². The molecule has 3 heteroatoms. The van der Waals surface area contributed by atoms with Crippen LogP contribution in [0.5, 0.6) is 5.75 Å². The molecule has 2 aromatic rings. The summed E-state index contributed by atoms with van der Waals surface area (Å²) in [6.45, 7) is 0.100. The molecule has 0 heterocycles. The number of ketones is 2. The Balaban J connectivity index is 1.82. The van der Waals surface area contributed by atoms with Crippen molar-refractivity contribution in [2.75, 3.05) is 6.61 Å². The number of hydrogen-bond acceptors (Lipinski definition) is 3. The fourth-order valence-corrected chi connectivity index (χ4v) is 2.16. The van der Waals surface area contributed by atoms with Crippen molar-refractivity contribution < 1.29 is 14.3 Å². The molecule has 0 saturated heterocycles. The molecule has 0 atom stereocenters. The Hall–Kier alpha value is -2.68. The minimum atomic E-state index is -0.146. The predicted octanol–water partition coefficient (Wildman–Crippen LogP) is 3.07. The second kappa shape index (κ2) is 5.13. The highest BCUT2D eigenvalue weighted by Gasteiger charge is 2.25. The SMILES string of the molecule is O=C1C=C(COc2ccccc2)C(=O)c2ccccc21. The molecular formula is C17H12O3. The number of carbonyl (C=O) groups is 2. The fraction of sp³-hybridized carbons (Fsp3) is 0.0588. The van der Waals surface area contributed by atoms with Crippen LogP contribution in [-0.4, -0.2) is 18.2 Å². The van der Waals surface area contributed by atoms with E-state index in [4.69, 9.17) is 4.74 Å². The monoisotopic (exact) mass is 264 g/mol. The van der Waals surface area contributed by atoms with Crippen LogP contribution in [0, 0.1) is 0 Å². The van der Waals surface area contributed by atoms with Crippen LogP contribution in [0.4, 0.5) is 0 Å². The highest BCUT2D eigenvalue weighted by molar-refractivity contribution is 6.24. The van der Waals surface area contributed by atoms with Gasteiger partial charge in [-0.2, -0.15) is 0 Å². The molecule has 0 aliphatic heterocycles. The van der Waals surface area contributed by atoms with Gasteiger partial charge in [-0.05, 0) is 18.2 Å². The van der Waals surface area contributed by atoms with Crippen molar-refractivity contribution in [2.24, 2.45) is 0 Å². The number of carbonyl (C=O) groups excluding carboxylic acids is 2. The third-order valence-corrected chi connectivity index (χ3v) is 3.17. The molecule has 0 amide bonds. The molecule has 98 valence electrons. The molecule has 0 saturated carbocycles. The number of ether oxygens (including phenoxy) is 1. The van der Waals surface area contributed by atoms with Gasteiger partial charge in [0.1, 0.15) is 12.4 Å². The quantitative estimate of drug-likeness (QED) is 0.855. The van der Waals surface area contributed by atoms with Crippen molar-refractivity contribution in [1.29, 1.82) is 0 Å². The van der Waals surface area contributed by atoms with Crippen molar-refractivity contribution in [2.45, 2.75) is 0 Å². The normalized spacial score (nSPS) is 13.7. The Morgan fingerprint density at radius 1 is 0.800 bits per heavy atom. The average Bonchev–Trinajstić information content (AvgIpc) is 2.50. The summed E-state index contributed by atoms with van der Waals surface area (Å²) in [7, 11) is 0. The number of allylic oxidation sites excluding steroid dienone is 1. The summed E-state index contributed by atoms with van der Waals surface area (Å²) in [5.41, 5.74) is 1.30. The van der Waals surface area contributed by atoms with Crippen LogP contribution in [0.15, 0.2) is 66.2 Å². The van der Waals surface area contributed by atoms with Gasteiger partial charge in [-0.15, -0.1) is 0 Å². The molecule has 20 heavy (non-hydrogen) atoms. The van der Waals surface area contributed by atoms with E-state index in [9.17, 15) is 9.59 Å². The number of rotatable bonds is 3. The van der Waals surface area contributed by atoms with Crippen molar-refractivity contribution in [3.63, 3.8) is 0 Å². The van der Waals surface area contributed by atoms with Gasteiger partial charge < -0.3 is 4.74 Å². The zero-order chi connectivity index (χ0) is 13.9. The van der Waals surface area contributed by atoms with E-state index in [-0.39, 0.29) is 18.2 Å². The van der Waals surface area contributed by atoms with E-state index in [0.29, 0.717) is 22.4 Å². The molecule has 0 bridgehead atoms. The highest BCUT2D eigenvalue weighted by atomic mass is 16.5. The van der Waals surface area contributed by atoms with Crippen molar-refractivity contribution in [1.82, 2.24) is 0 Å². The first-order valence-electron chi connectivity index (χ1n) is 6.32. The second-order valence-electron chi connectivity index (χ2n) is 4.51. The van der Waals surface area contributed by atoms with Gasteiger partial charge in [0.25, 0.3) is 0 Å². The first kappa shape index (κ1) is 12.4. The van der Waals surface area contributed by atoms with E-state index in [1.807, 2.05) is 30.3 Å². The van der Waals surface area contributed by atoms with E-state index in [1.54, 1.807) is 24.3 Å². The molecule has 0 radical (unpaired) electrons. The van der Waals surface area contributed by atoms with E-state index >= 15 is 0 Å². The van der Waals surface area contributed by atoms with Gasteiger partial charge >= 0.3 is 0 Å². The summed E-state index contributed by atoms with van der Waals surface area (Å²) in [5, 5.41) is 0. The van der Waals surface area contributed by atoms with Crippen LogP contribution in [0.25, 0.3) is 0 Å². The number of fused-ring (bicyclic) bond motifs is 1. The van der Waals surface area contributed by atoms with E-state index in [0.717, 1.165) is 0 Å². The molecule has 0 aromatic heterocycles. The summed E-state index contributed by atoms with van der Waals surface area (Å²) in [4.78, 5) is 24.3. The van der Waals surface area contributed by atoms with Gasteiger partial charge in [0.15, 0.2) is 11.6 Å². The first-order valence-corrected chi connectivity index (χ1v) is 6.32. The summed E-state index contributed by atoms with van der Waals surface area (Å²) < 4.78 is 5.54. The minimum Gasteiger partial charge on any atom is -0.489 e. The molecule has 2 aromatic carbocycles. The van der Waals surface area contributed by atoms with E-state index in [2.05, 4.69) is 0 Å². The maximum absolute atomic E-state index is 12.3. The Morgan fingerprint density at radius 2 is 1.45 bits per heavy atom. The van der Waals surface area contributed by atoms with Crippen LogP contribution in [0.1, 0.15) is 20.7 Å². The highest BCUT2D eigenvalue weighted by Crippen LogP contribution is 2.21. The van der Waals surface area contributed by atoms with Crippen LogP contribution >= 0.6 is 0 Å². The van der Waals surface area contributed by atoms with Crippen LogP contribution in [0.3, 0.4) is 0 Å². The average molecular weight is 264 g/mol. The van der Waals surface area contributed by atoms with Gasteiger partial charge in [0.2, 0.25) is 0 Å². The standard InChI is InChI=1S/C17H12O3/c18-16-10-12(11-20-13-6-2-1-3-7-13)17(19)15-9-5-4-8-14(15)16/h1-10H,11H2. The third kappa shape index (κ3) is 2.26. The maximum atomic E-state index is 12.3. The third-order valence-electron chi connectivity index (χ3n) is 3.17. The molecule has 0 unspecified atom stereocenters. The fourth-order valence-electron chi connectivity index (χ4n) is 2.16. The Labute approximate surface area is 116 Å². The molecule has 0 fully saturated rings. The number of Topliss-reactive ketones (excluding diaryl/α,β-unsaturated/α-hetero) is 1. The van der Waals surface area contributed by atoms with Gasteiger partial charge in [0, 0.05) is 16.7 Å². The molecule has 0 N–H and O–H groups in total. The summed E-state index contributed by atoms with van der Waals surface area (Å²) in [5.74, 6) is 0.385. The lowest BCUT2D eigenvalue weighted by atomic mass is 9.90. The lowest BCUT2D eigenvalue weighted by Gasteiger charge is -2.15. The minimum absolute atomic E-state index is 0.100. The Kier molecular flexibility index (Phi) is 3.17. The number of para-hydroxylation sites is 1. The van der Waals surface area contributed by atoms with Gasteiger partial charge in [-0.3, -0.25) is 9.59 Å². The molecule has 3 rings (SSSR count). The van der Waals surface area contributed by atoms with Gasteiger partial charge in [0.05, 0.1) is 0 Å². The topological polar surface area (TPSA) is 43.4 Å². The van der Waals surface area contributed by atoms with Gasteiger partial charge in [-0.1, -0.05) is 42.5 Å². The zero-order valence-electron chi connectivity index (χ0n) is 10.7. The largest absolute Gasteiger partial charge is 0.489 e. The molecule has 3 nitrogen and oxygen atoms in total. The predicted molar refractivity (Wildman–Crippen MR) is 75.1 cm³/mol. The van der Waals surface area contributed by atoms with Crippen molar-refractivity contribution >= 4 is 11.6 Å². The second-order valence-corrected chi connectivity index (χ2v) is 4.51. The van der Waals surface area contributed by atoms with Crippen molar-refractivity contribution in [3.8, 4) is 5.75 Å². The Morgan fingerprint density at radius 3 is 2.20 bits per heavy atom. The van der Waals surface area contributed by atoms with Crippen molar-refractivity contribution in [3.05, 3.63) is 77.4 Å². The van der Waals surface area contributed by atoms with Crippen LogP contribution < -0.4 is 4.74 Å². The molecule has 1 aliphatic rings. The van der Waals surface area contributed by atoms with E-state index < -0.39 is 0 Å². The summed E-state index contributed by atoms with van der Waals surface area (Å²) >= 11 is 0. The maximum Gasteiger partial charge on any atom is 0.193 e.